The fraction of sp³-hybridized carbons (Fsp3) is 0.433. The Bertz CT molecular complexity index is 1010. The van der Waals surface area contributed by atoms with Crippen LogP contribution in [0.3, 0.4) is 0 Å². The summed E-state index contributed by atoms with van der Waals surface area (Å²) in [6, 6.07) is 19.3. The van der Waals surface area contributed by atoms with E-state index in [1.54, 1.807) is 0 Å². The van der Waals surface area contributed by atoms with Crippen molar-refractivity contribution in [1.29, 1.82) is 0 Å². The number of halogens is 2. The molecule has 2 atom stereocenters. The van der Waals surface area contributed by atoms with Gasteiger partial charge in [-0.15, -0.1) is 6.42 Å². The molecule has 2 aromatic carbocycles. The number of hydrogen-bond donors (Lipinski definition) is 0. The van der Waals surface area contributed by atoms with E-state index in [0.717, 1.165) is 18.5 Å². The van der Waals surface area contributed by atoms with E-state index >= 15 is 0 Å². The Labute approximate surface area is 248 Å². The molecule has 0 aromatic heterocycles. The van der Waals surface area contributed by atoms with Crippen LogP contribution in [0.1, 0.15) is 70.2 Å². The number of hydrogen-bond acceptors (Lipinski definition) is 2. The van der Waals surface area contributed by atoms with Gasteiger partial charge in [-0.3, -0.25) is 6.42 Å². The van der Waals surface area contributed by atoms with Crippen LogP contribution in [0.15, 0.2) is 60.7 Å². The predicted molar refractivity (Wildman–Crippen MR) is 157 cm³/mol. The van der Waals surface area contributed by atoms with E-state index in [4.69, 9.17) is 25.9 Å². The van der Waals surface area contributed by atoms with Crippen molar-refractivity contribution >= 4 is 48.7 Å². The summed E-state index contributed by atoms with van der Waals surface area (Å²) >= 11 is -0.826. The topological polar surface area (TPSA) is 18.5 Å². The van der Waals surface area contributed by atoms with Crippen molar-refractivity contribution in [2.75, 3.05) is 0 Å². The third-order valence-corrected chi connectivity index (χ3v) is 9.65. The average molecular weight is 648 g/mol. The summed E-state index contributed by atoms with van der Waals surface area (Å²) in [5.74, 6) is 0. The van der Waals surface area contributed by atoms with E-state index in [9.17, 15) is 0 Å². The van der Waals surface area contributed by atoms with E-state index < -0.39 is 32.1 Å². The maximum atomic E-state index is 6.78. The molecule has 0 fully saturated rings. The molecule has 2 aromatic rings. The molecular weight excluding hydrogens is 611 g/mol. The average Bonchev–Trinajstić information content (AvgIpc) is 3.37. The van der Waals surface area contributed by atoms with Crippen LogP contribution in [0.2, 0.25) is 12.1 Å². The minimum absolute atomic E-state index is 0.243. The summed E-state index contributed by atoms with van der Waals surface area (Å²) in [7, 11) is 10.7. The van der Waals surface area contributed by atoms with Gasteiger partial charge in [-0.2, -0.15) is 0 Å². The van der Waals surface area contributed by atoms with E-state index in [-0.39, 0.29) is 10.8 Å². The molecule has 196 valence electrons. The van der Waals surface area contributed by atoms with Crippen LogP contribution in [0, 0.1) is 17.3 Å². The second-order valence-corrected chi connectivity index (χ2v) is 17.4. The quantitative estimate of drug-likeness (QED) is 0.200. The summed E-state index contributed by atoms with van der Waals surface area (Å²) in [6.45, 7) is 13.7. The first-order chi connectivity index (χ1) is 17.4. The maximum absolute atomic E-state index is 6.78. The van der Waals surface area contributed by atoms with Crippen LogP contribution in [0.4, 0.5) is 0 Å². The van der Waals surface area contributed by atoms with Crippen LogP contribution in [0.5, 0.6) is 0 Å². The zero-order chi connectivity index (χ0) is 27.2. The summed E-state index contributed by atoms with van der Waals surface area (Å²) in [6.07, 6.45) is 12.1. The van der Waals surface area contributed by atoms with Gasteiger partial charge in [0, 0.05) is 0 Å². The molecule has 2 unspecified atom stereocenters. The van der Waals surface area contributed by atoms with E-state index in [1.165, 1.54) is 22.3 Å². The summed E-state index contributed by atoms with van der Waals surface area (Å²) in [5.41, 5.74) is 4.51. The first-order valence-corrected chi connectivity index (χ1v) is 21.2. The van der Waals surface area contributed by atoms with Gasteiger partial charge in [0.2, 0.25) is 19.5 Å². The molecule has 0 amide bonds. The number of benzene rings is 2. The summed E-state index contributed by atoms with van der Waals surface area (Å²) in [4.78, 5) is 0. The Morgan fingerprint density at radius 3 is 1.84 bits per heavy atom. The third-order valence-electron chi connectivity index (χ3n) is 6.25. The molecule has 2 aliphatic carbocycles. The van der Waals surface area contributed by atoms with Gasteiger partial charge < -0.3 is 8.85 Å². The Kier molecular flexibility index (Phi) is 11.3. The molecule has 37 heavy (non-hydrogen) atoms. The first kappa shape index (κ1) is 31.3. The van der Waals surface area contributed by atoms with Crippen LogP contribution >= 0.6 is 17.0 Å². The van der Waals surface area contributed by atoms with Gasteiger partial charge in [0.05, 0.1) is 5.60 Å². The zero-order valence-electron chi connectivity index (χ0n) is 22.7. The molecule has 7 heteroatoms. The van der Waals surface area contributed by atoms with Gasteiger partial charge in [0.15, 0.2) is 0 Å². The van der Waals surface area contributed by atoms with E-state index in [2.05, 4.69) is 121 Å². The Balaban J connectivity index is 0.00000121. The zero-order valence-corrected chi connectivity index (χ0v) is 28.7. The molecular formula is C30H37Cl2O2Si2Zr-. The van der Waals surface area contributed by atoms with Crippen molar-refractivity contribution < 1.29 is 29.7 Å². The van der Waals surface area contributed by atoms with Crippen LogP contribution in [-0.2, 0) is 40.9 Å². The van der Waals surface area contributed by atoms with Gasteiger partial charge in [-0.25, -0.2) is 0 Å². The van der Waals surface area contributed by atoms with Crippen LogP contribution in [-0.4, -0.2) is 19.5 Å². The molecule has 0 N–H and O–H groups in total. The molecule has 0 saturated heterocycles. The van der Waals surface area contributed by atoms with Crippen molar-refractivity contribution in [3.8, 4) is 0 Å². The van der Waals surface area contributed by atoms with Crippen molar-refractivity contribution in [1.82, 2.24) is 0 Å². The molecule has 0 aliphatic heterocycles. The normalized spacial score (nSPS) is 21.8. The van der Waals surface area contributed by atoms with Crippen molar-refractivity contribution in [2.24, 2.45) is 10.8 Å². The molecule has 4 rings (SSSR count). The Morgan fingerprint density at radius 1 is 0.757 bits per heavy atom. The Morgan fingerprint density at radius 2 is 1.24 bits per heavy atom. The molecule has 0 saturated carbocycles. The molecule has 0 spiro atoms. The molecule has 4 radical (unpaired) electrons. The molecule has 0 bridgehead atoms. The summed E-state index contributed by atoms with van der Waals surface area (Å²) in [5, 5.41) is 0. The van der Waals surface area contributed by atoms with Crippen molar-refractivity contribution in [3.05, 3.63) is 89.4 Å². The Hall–Kier alpha value is -0.263. The van der Waals surface area contributed by atoms with Gasteiger partial charge in [0.25, 0.3) is 0 Å². The number of fused-ring (bicyclic) bond motifs is 2. The summed E-state index contributed by atoms with van der Waals surface area (Å²) < 4.78 is 13.5. The van der Waals surface area contributed by atoms with Crippen LogP contribution in [0.25, 0.3) is 12.2 Å². The van der Waals surface area contributed by atoms with Crippen molar-refractivity contribution in [3.63, 3.8) is 0 Å². The second-order valence-electron chi connectivity index (χ2n) is 12.0. The fourth-order valence-electron chi connectivity index (χ4n) is 4.32. The molecule has 2 aliphatic rings. The van der Waals surface area contributed by atoms with Gasteiger partial charge in [0.1, 0.15) is 0 Å². The third kappa shape index (κ3) is 8.61. The fourth-order valence-corrected chi connectivity index (χ4v) is 6.35. The minimum atomic E-state index is -0.826. The van der Waals surface area contributed by atoms with E-state index in [1.807, 2.05) is 0 Å². The standard InChI is InChI=1S/C30H37O2Si2.2ClH.Zr/c1-27(2,3)21-33-31-29(17-15-23-11-7-9-13-25(23)29)19-20-30(32-34-22-28(4,5)6)18-16-24-12-8-10-14-26(24)30;;;/h7-19H,20-22H2,1-6H3;2*1H;/q-1;;;+2/p-2. The SMILES string of the molecule is CC(C)(C)C[Si]OC1([CH-]CC2(O[Si]CC(C)(C)C)C=Cc3ccccc32)C=Cc2ccccc21.[Cl][Zr][Cl]. The van der Waals surface area contributed by atoms with Gasteiger partial charge in [-0.1, -0.05) is 114 Å². The molecule has 2 nitrogen and oxygen atoms in total. The second kappa shape index (κ2) is 13.4. The van der Waals surface area contributed by atoms with Gasteiger partial charge in [-0.05, 0) is 50.8 Å². The van der Waals surface area contributed by atoms with E-state index in [0.29, 0.717) is 19.5 Å². The van der Waals surface area contributed by atoms with Gasteiger partial charge >= 0.3 is 37.9 Å². The monoisotopic (exact) mass is 645 g/mol. The molecule has 0 heterocycles. The first-order valence-electron chi connectivity index (χ1n) is 12.6. The van der Waals surface area contributed by atoms with Crippen LogP contribution < -0.4 is 0 Å². The van der Waals surface area contributed by atoms with Crippen molar-refractivity contribution in [2.45, 2.75) is 71.3 Å². The predicted octanol–water partition coefficient (Wildman–Crippen LogP) is 9.00. The number of rotatable bonds is 9.